The van der Waals surface area contributed by atoms with Crippen LogP contribution in [0, 0.1) is 22.7 Å². The summed E-state index contributed by atoms with van der Waals surface area (Å²) in [5.74, 6) is 1.14. The molecule has 7 heteroatoms. The van der Waals surface area contributed by atoms with Gasteiger partial charge in [-0.25, -0.2) is 9.97 Å². The van der Waals surface area contributed by atoms with Gasteiger partial charge >= 0.3 is 0 Å². The molecular weight excluding hydrogens is 631 g/mol. The summed E-state index contributed by atoms with van der Waals surface area (Å²) in [6.45, 7) is 0. The van der Waals surface area contributed by atoms with Gasteiger partial charge in [0.15, 0.2) is 11.2 Å². The lowest BCUT2D eigenvalue weighted by atomic mass is 9.97. The molecule has 0 spiro atoms. The molecule has 0 unspecified atom stereocenters. The van der Waals surface area contributed by atoms with Crippen LogP contribution in [0.25, 0.3) is 94.5 Å². The average molecular weight is 654 g/mol. The summed E-state index contributed by atoms with van der Waals surface area (Å²) in [5.41, 5.74) is 10.8. The Labute approximate surface area is 290 Å². The third-order valence-electron chi connectivity index (χ3n) is 9.52. The van der Waals surface area contributed by atoms with Crippen molar-refractivity contribution in [1.82, 2.24) is 14.5 Å². The van der Waals surface area contributed by atoms with Crippen LogP contribution in [-0.4, -0.2) is 14.5 Å². The highest BCUT2D eigenvalue weighted by atomic mass is 16.4. The van der Waals surface area contributed by atoms with E-state index in [0.717, 1.165) is 82.7 Å². The molecule has 236 valence electrons. The van der Waals surface area contributed by atoms with Crippen molar-refractivity contribution in [2.24, 2.45) is 0 Å². The predicted octanol–water partition coefficient (Wildman–Crippen LogP) is 11.0. The molecule has 0 bridgehead atoms. The van der Waals surface area contributed by atoms with Crippen LogP contribution < -0.4 is 0 Å². The molecule has 7 aromatic carbocycles. The first-order chi connectivity index (χ1) is 25.1. The van der Waals surface area contributed by atoms with Gasteiger partial charge in [-0.15, -0.1) is 0 Å². The number of aromatic nitrogens is 3. The van der Waals surface area contributed by atoms with Crippen molar-refractivity contribution in [3.8, 4) is 51.9 Å². The van der Waals surface area contributed by atoms with Crippen molar-refractivity contribution in [2.75, 3.05) is 0 Å². The van der Waals surface area contributed by atoms with Crippen molar-refractivity contribution in [3.05, 3.63) is 151 Å². The Morgan fingerprint density at radius 2 is 0.980 bits per heavy atom. The maximum Gasteiger partial charge on any atom is 0.227 e. The van der Waals surface area contributed by atoms with Crippen LogP contribution in [-0.2, 0) is 0 Å². The number of oxazole rings is 2. The SMILES string of the molecule is N#Cc1cc2ccc(-c3ccc(-n4c5ccc(-c6nc7ccccc7o6)cc5c5cc(-c6nc7ccccc7o6)ccc54)cc3)cc2cc1C#N. The van der Waals surface area contributed by atoms with Crippen molar-refractivity contribution in [3.63, 3.8) is 0 Å². The molecular formula is C44H23N5O2. The van der Waals surface area contributed by atoms with Crippen LogP contribution in [0.2, 0.25) is 0 Å². The molecule has 0 atom stereocenters. The van der Waals surface area contributed by atoms with E-state index in [-0.39, 0.29) is 0 Å². The minimum atomic E-state index is 0.377. The fourth-order valence-electron chi connectivity index (χ4n) is 7.02. The molecule has 7 nitrogen and oxygen atoms in total. The zero-order chi connectivity index (χ0) is 34.1. The van der Waals surface area contributed by atoms with Gasteiger partial charge in [-0.1, -0.05) is 48.5 Å². The van der Waals surface area contributed by atoms with Gasteiger partial charge in [0, 0.05) is 27.6 Å². The van der Waals surface area contributed by atoms with Gasteiger partial charge in [0.1, 0.15) is 23.2 Å². The number of para-hydroxylation sites is 4. The van der Waals surface area contributed by atoms with E-state index in [2.05, 4.69) is 83.4 Å². The lowest BCUT2D eigenvalue weighted by Gasteiger charge is -2.10. The molecule has 0 aliphatic heterocycles. The van der Waals surface area contributed by atoms with Crippen LogP contribution in [0.5, 0.6) is 0 Å². The third kappa shape index (κ3) is 4.58. The standard InChI is InChI=1S/C44H23N5O2/c45-24-32-20-28-10-9-27(19-31(28)21-33(32)25-46)26-11-15-34(16-12-26)49-39-17-13-29(43-47-37-5-1-3-7-41(37)50-43)22-35(39)36-23-30(14-18-40(36)49)44-48-38-6-2-4-8-42(38)51-44/h1-23H. The van der Waals surface area contributed by atoms with E-state index in [1.54, 1.807) is 12.1 Å². The van der Waals surface area contributed by atoms with Gasteiger partial charge in [0.2, 0.25) is 11.8 Å². The van der Waals surface area contributed by atoms with Gasteiger partial charge in [-0.05, 0) is 113 Å². The zero-order valence-corrected chi connectivity index (χ0v) is 26.8. The van der Waals surface area contributed by atoms with Crippen molar-refractivity contribution in [2.45, 2.75) is 0 Å². The minimum Gasteiger partial charge on any atom is -0.436 e. The highest BCUT2D eigenvalue weighted by Gasteiger charge is 2.18. The smallest absolute Gasteiger partial charge is 0.227 e. The first-order valence-corrected chi connectivity index (χ1v) is 16.4. The Hall–Kier alpha value is -7.48. The van der Waals surface area contributed by atoms with Gasteiger partial charge < -0.3 is 13.4 Å². The zero-order valence-electron chi connectivity index (χ0n) is 26.8. The first kappa shape index (κ1) is 28.5. The molecule has 0 fully saturated rings. The summed E-state index contributed by atoms with van der Waals surface area (Å²) in [7, 11) is 0. The Balaban J connectivity index is 1.12. The predicted molar refractivity (Wildman–Crippen MR) is 199 cm³/mol. The highest BCUT2D eigenvalue weighted by Crippen LogP contribution is 2.38. The third-order valence-corrected chi connectivity index (χ3v) is 9.52. The van der Waals surface area contributed by atoms with E-state index in [9.17, 15) is 10.5 Å². The molecule has 3 aromatic heterocycles. The van der Waals surface area contributed by atoms with E-state index in [1.165, 1.54) is 0 Å². The highest BCUT2D eigenvalue weighted by molar-refractivity contribution is 6.11. The second kappa shape index (κ2) is 11.0. The molecule has 0 N–H and O–H groups in total. The van der Waals surface area contributed by atoms with Crippen molar-refractivity contribution >= 4 is 54.8 Å². The molecule has 0 radical (unpaired) electrons. The Morgan fingerprint density at radius 1 is 0.471 bits per heavy atom. The molecule has 3 heterocycles. The molecule has 0 saturated heterocycles. The normalized spacial score (nSPS) is 11.5. The summed E-state index contributed by atoms with van der Waals surface area (Å²) < 4.78 is 14.6. The maximum atomic E-state index is 9.55. The number of hydrogen-bond donors (Lipinski definition) is 0. The second-order valence-electron chi connectivity index (χ2n) is 12.5. The summed E-state index contributed by atoms with van der Waals surface area (Å²) in [6, 6.07) is 50.6. The fourth-order valence-corrected chi connectivity index (χ4v) is 7.02. The number of fused-ring (bicyclic) bond motifs is 6. The number of hydrogen-bond acceptors (Lipinski definition) is 6. The fraction of sp³-hybridized carbons (Fsp3) is 0. The van der Waals surface area contributed by atoms with E-state index in [0.29, 0.717) is 22.9 Å². The summed E-state index contributed by atoms with van der Waals surface area (Å²) in [4.78, 5) is 9.54. The molecule has 0 aliphatic rings. The lowest BCUT2D eigenvalue weighted by molar-refractivity contribution is 0.619. The summed E-state index contributed by atoms with van der Waals surface area (Å²) in [5, 5.41) is 22.9. The largest absolute Gasteiger partial charge is 0.436 e. The Kier molecular flexibility index (Phi) is 6.17. The molecule has 0 saturated carbocycles. The monoisotopic (exact) mass is 653 g/mol. The summed E-state index contributed by atoms with van der Waals surface area (Å²) >= 11 is 0. The van der Waals surface area contributed by atoms with Crippen LogP contribution >= 0.6 is 0 Å². The molecule has 10 rings (SSSR count). The van der Waals surface area contributed by atoms with E-state index in [4.69, 9.17) is 18.8 Å². The second-order valence-corrected chi connectivity index (χ2v) is 12.5. The van der Waals surface area contributed by atoms with E-state index < -0.39 is 0 Å². The lowest BCUT2D eigenvalue weighted by Crippen LogP contribution is -1.94. The van der Waals surface area contributed by atoms with Crippen molar-refractivity contribution < 1.29 is 8.83 Å². The number of rotatable bonds is 4. The van der Waals surface area contributed by atoms with Crippen molar-refractivity contribution in [1.29, 1.82) is 10.5 Å². The van der Waals surface area contributed by atoms with Gasteiger partial charge in [-0.2, -0.15) is 10.5 Å². The van der Waals surface area contributed by atoms with E-state index in [1.807, 2.05) is 60.7 Å². The van der Waals surface area contributed by atoms with Gasteiger partial charge in [-0.3, -0.25) is 0 Å². The number of benzene rings is 7. The van der Waals surface area contributed by atoms with Crippen LogP contribution in [0.4, 0.5) is 0 Å². The minimum absolute atomic E-state index is 0.377. The maximum absolute atomic E-state index is 9.55. The quantitative estimate of drug-likeness (QED) is 0.187. The molecule has 0 aliphatic carbocycles. The Bertz CT molecular complexity index is 2920. The van der Waals surface area contributed by atoms with Gasteiger partial charge in [0.25, 0.3) is 0 Å². The summed E-state index contributed by atoms with van der Waals surface area (Å²) in [6.07, 6.45) is 0. The number of nitrogens with zero attached hydrogens (tertiary/aromatic N) is 5. The first-order valence-electron chi connectivity index (χ1n) is 16.4. The van der Waals surface area contributed by atoms with Crippen LogP contribution in [0.1, 0.15) is 11.1 Å². The average Bonchev–Trinajstić information content (AvgIpc) is 3.91. The van der Waals surface area contributed by atoms with Crippen LogP contribution in [0.15, 0.2) is 148 Å². The molecule has 10 aromatic rings. The van der Waals surface area contributed by atoms with E-state index >= 15 is 0 Å². The van der Waals surface area contributed by atoms with Crippen LogP contribution in [0.3, 0.4) is 0 Å². The Morgan fingerprint density at radius 3 is 1.53 bits per heavy atom. The van der Waals surface area contributed by atoms with Gasteiger partial charge in [0.05, 0.1) is 22.2 Å². The topological polar surface area (TPSA) is 105 Å². The molecule has 0 amide bonds. The number of nitriles is 2. The molecule has 51 heavy (non-hydrogen) atoms.